The fourth-order valence-electron chi connectivity index (χ4n) is 11.2. The molecular weight excluding hydrogens is 719 g/mol. The van der Waals surface area contributed by atoms with Gasteiger partial charge >= 0.3 is 0 Å². The zero-order valence-electron chi connectivity index (χ0n) is 31.6. The van der Waals surface area contributed by atoms with Gasteiger partial charge in [0.25, 0.3) is 0 Å². The number of nitrogens with zero attached hydrogens (tertiary/aromatic N) is 1. The van der Waals surface area contributed by atoms with E-state index >= 15 is 0 Å². The molecule has 9 aromatic carbocycles. The Morgan fingerprint density at radius 2 is 0.690 bits per heavy atom. The lowest BCUT2D eigenvalue weighted by atomic mass is 9.52. The summed E-state index contributed by atoms with van der Waals surface area (Å²) in [5, 5.41) is 2.62. The first-order valence-corrected chi connectivity index (χ1v) is 21.0. The molecule has 0 N–H and O–H groups in total. The van der Waals surface area contributed by atoms with Crippen LogP contribution in [-0.4, -0.2) is 0 Å². The number of fused-ring (bicyclic) bond motifs is 19. The third kappa shape index (κ3) is 3.95. The highest BCUT2D eigenvalue weighted by molar-refractivity contribution is 7.25. The molecule has 2 heteroatoms. The van der Waals surface area contributed by atoms with Gasteiger partial charge in [0, 0.05) is 37.2 Å². The number of hydrogen-bond donors (Lipinski definition) is 0. The fraction of sp³-hybridized carbons (Fsp3) is 0.0357. The normalized spacial score (nSPS) is 14.5. The second-order valence-electron chi connectivity index (χ2n) is 15.9. The summed E-state index contributed by atoms with van der Waals surface area (Å²) in [4.78, 5) is 2.45. The van der Waals surface area contributed by atoms with Crippen LogP contribution in [0, 0.1) is 0 Å². The van der Waals surface area contributed by atoms with Crippen LogP contribution in [0.3, 0.4) is 0 Å². The minimum absolute atomic E-state index is 0.462. The molecule has 3 aliphatic rings. The topological polar surface area (TPSA) is 3.24 Å². The van der Waals surface area contributed by atoms with Gasteiger partial charge in [-0.2, -0.15) is 0 Å². The monoisotopic (exact) mass is 753 g/mol. The summed E-state index contributed by atoms with van der Waals surface area (Å²) in [5.41, 5.74) is 18.4. The van der Waals surface area contributed by atoms with E-state index in [0.717, 1.165) is 17.1 Å². The molecule has 10 aromatic rings. The molecule has 1 nitrogen and oxygen atoms in total. The van der Waals surface area contributed by atoms with Gasteiger partial charge in [0.2, 0.25) is 0 Å². The van der Waals surface area contributed by atoms with Crippen LogP contribution in [0.5, 0.6) is 0 Å². The maximum atomic E-state index is 2.51. The molecule has 13 rings (SSSR count). The standard InChI is InChI=1S/C56H35NS/c1-2-16-36(17-3-1)57(38-31-33-44-43-21-7-15-29-53(43)58-54(44)35-38)37-30-32-42-41-20-6-10-24-47(41)56(52(42)34-37)50-27-13-11-25-48(50)55(49-26-12-14-28-51(49)56)45-22-8-4-18-39(45)40-19-5-9-23-46(40)55/h1-35H. The highest BCUT2D eigenvalue weighted by Gasteiger charge is 2.58. The number of para-hydroxylation sites is 1. The molecule has 2 spiro atoms. The Balaban J connectivity index is 1.12. The van der Waals surface area contributed by atoms with Crippen LogP contribution in [0.15, 0.2) is 212 Å². The van der Waals surface area contributed by atoms with Gasteiger partial charge in [0.15, 0.2) is 0 Å². The molecule has 1 aromatic heterocycles. The van der Waals surface area contributed by atoms with Gasteiger partial charge in [-0.05, 0) is 109 Å². The zero-order chi connectivity index (χ0) is 38.0. The molecule has 0 aliphatic heterocycles. The number of anilines is 3. The first-order chi connectivity index (χ1) is 28.8. The lowest BCUT2D eigenvalue weighted by Crippen LogP contribution is -2.43. The lowest BCUT2D eigenvalue weighted by molar-refractivity contribution is 0.633. The molecule has 0 fully saturated rings. The van der Waals surface area contributed by atoms with Gasteiger partial charge in [-0.15, -0.1) is 11.3 Å². The van der Waals surface area contributed by atoms with Gasteiger partial charge in [0.05, 0.1) is 10.8 Å². The minimum atomic E-state index is -0.551. The van der Waals surface area contributed by atoms with Gasteiger partial charge in [-0.3, -0.25) is 0 Å². The maximum Gasteiger partial charge on any atom is 0.0720 e. The van der Waals surface area contributed by atoms with Crippen molar-refractivity contribution < 1.29 is 0 Å². The largest absolute Gasteiger partial charge is 0.310 e. The van der Waals surface area contributed by atoms with Crippen LogP contribution in [0.2, 0.25) is 0 Å². The van der Waals surface area contributed by atoms with E-state index in [1.54, 1.807) is 0 Å². The Bertz CT molecular complexity index is 3220. The van der Waals surface area contributed by atoms with E-state index in [4.69, 9.17) is 0 Å². The third-order valence-corrected chi connectivity index (χ3v) is 14.5. The second kappa shape index (κ2) is 11.8. The van der Waals surface area contributed by atoms with Crippen LogP contribution in [0.25, 0.3) is 42.4 Å². The van der Waals surface area contributed by atoms with Crippen molar-refractivity contribution in [1.29, 1.82) is 0 Å². The number of thiophene rings is 1. The van der Waals surface area contributed by atoms with Crippen molar-refractivity contribution in [3.63, 3.8) is 0 Å². The summed E-state index contributed by atoms with van der Waals surface area (Å²) in [7, 11) is 0. The summed E-state index contributed by atoms with van der Waals surface area (Å²) in [6, 6.07) is 80.0. The molecule has 0 amide bonds. The molecule has 0 atom stereocenters. The predicted molar refractivity (Wildman–Crippen MR) is 242 cm³/mol. The van der Waals surface area contributed by atoms with E-state index in [0.29, 0.717) is 0 Å². The molecule has 270 valence electrons. The van der Waals surface area contributed by atoms with Crippen LogP contribution in [0.1, 0.15) is 44.5 Å². The summed E-state index contributed by atoms with van der Waals surface area (Å²) in [5.74, 6) is 0. The number of hydrogen-bond acceptors (Lipinski definition) is 2. The highest BCUT2D eigenvalue weighted by Crippen LogP contribution is 2.67. The van der Waals surface area contributed by atoms with E-state index in [2.05, 4.69) is 217 Å². The summed E-state index contributed by atoms with van der Waals surface area (Å²) >= 11 is 1.87. The predicted octanol–water partition coefficient (Wildman–Crippen LogP) is 14.6. The summed E-state index contributed by atoms with van der Waals surface area (Å²) < 4.78 is 2.61. The van der Waals surface area contributed by atoms with Crippen molar-refractivity contribution in [2.24, 2.45) is 0 Å². The van der Waals surface area contributed by atoms with Crippen LogP contribution >= 0.6 is 11.3 Å². The Labute approximate surface area is 341 Å². The molecule has 3 aliphatic carbocycles. The van der Waals surface area contributed by atoms with Gasteiger partial charge < -0.3 is 4.90 Å². The van der Waals surface area contributed by atoms with Crippen molar-refractivity contribution in [1.82, 2.24) is 0 Å². The van der Waals surface area contributed by atoms with Crippen molar-refractivity contribution in [3.05, 3.63) is 257 Å². The molecule has 1 heterocycles. The first kappa shape index (κ1) is 32.1. The average molecular weight is 754 g/mol. The van der Waals surface area contributed by atoms with Crippen LogP contribution in [-0.2, 0) is 10.8 Å². The van der Waals surface area contributed by atoms with E-state index in [-0.39, 0.29) is 0 Å². The lowest BCUT2D eigenvalue weighted by Gasteiger charge is -2.49. The molecule has 0 radical (unpaired) electrons. The quantitative estimate of drug-likeness (QED) is 0.174. The summed E-state index contributed by atoms with van der Waals surface area (Å²) in [6.45, 7) is 0. The highest BCUT2D eigenvalue weighted by atomic mass is 32.1. The Morgan fingerprint density at radius 1 is 0.276 bits per heavy atom. The summed E-state index contributed by atoms with van der Waals surface area (Å²) in [6.07, 6.45) is 0. The average Bonchev–Trinajstić information content (AvgIpc) is 3.91. The molecule has 0 bridgehead atoms. The maximum absolute atomic E-state index is 2.51. The zero-order valence-corrected chi connectivity index (χ0v) is 32.4. The molecule has 0 saturated carbocycles. The van der Waals surface area contributed by atoms with Crippen molar-refractivity contribution in [3.8, 4) is 22.3 Å². The molecule has 0 saturated heterocycles. The third-order valence-electron chi connectivity index (χ3n) is 13.3. The number of benzene rings is 9. The fourth-order valence-corrected chi connectivity index (χ4v) is 12.4. The van der Waals surface area contributed by atoms with Crippen molar-refractivity contribution in [2.75, 3.05) is 4.90 Å². The SMILES string of the molecule is c1ccc(N(c2ccc3c(c2)C2(c4ccccc4-3)c3ccccc3C3(c4ccccc4-c4ccccc43)c3ccccc32)c2ccc3c(c2)sc2ccccc23)cc1. The van der Waals surface area contributed by atoms with E-state index < -0.39 is 10.8 Å². The van der Waals surface area contributed by atoms with E-state index in [1.807, 2.05) is 11.3 Å². The molecular formula is C56H35NS. The van der Waals surface area contributed by atoms with Gasteiger partial charge in [0.1, 0.15) is 0 Å². The van der Waals surface area contributed by atoms with Gasteiger partial charge in [-0.25, -0.2) is 0 Å². The Hall–Kier alpha value is -7.00. The first-order valence-electron chi connectivity index (χ1n) is 20.2. The molecule has 58 heavy (non-hydrogen) atoms. The van der Waals surface area contributed by atoms with Crippen molar-refractivity contribution in [2.45, 2.75) is 10.8 Å². The number of rotatable bonds is 3. The van der Waals surface area contributed by atoms with Crippen molar-refractivity contribution >= 4 is 48.6 Å². The van der Waals surface area contributed by atoms with Crippen LogP contribution in [0.4, 0.5) is 17.1 Å². The minimum Gasteiger partial charge on any atom is -0.310 e. The smallest absolute Gasteiger partial charge is 0.0720 e. The Morgan fingerprint density at radius 3 is 1.28 bits per heavy atom. The van der Waals surface area contributed by atoms with Crippen LogP contribution < -0.4 is 4.90 Å². The van der Waals surface area contributed by atoms with E-state index in [1.165, 1.54) is 86.9 Å². The second-order valence-corrected chi connectivity index (χ2v) is 17.0. The Kier molecular flexibility index (Phi) is 6.52. The van der Waals surface area contributed by atoms with E-state index in [9.17, 15) is 0 Å². The van der Waals surface area contributed by atoms with Gasteiger partial charge in [-0.1, -0.05) is 170 Å². The molecule has 0 unspecified atom stereocenters.